The van der Waals surface area contributed by atoms with Gasteiger partial charge in [-0.15, -0.1) is 0 Å². The summed E-state index contributed by atoms with van der Waals surface area (Å²) in [6.45, 7) is 0. The first-order chi connectivity index (χ1) is 29.2. The Labute approximate surface area is 338 Å². The van der Waals surface area contributed by atoms with Gasteiger partial charge in [0.25, 0.3) is 0 Å². The Kier molecular flexibility index (Phi) is 6.75. The minimum Gasteiger partial charge on any atom is -0.456 e. The van der Waals surface area contributed by atoms with Crippen LogP contribution in [-0.2, 0) is 6.42 Å². The number of hydrogen-bond donors (Lipinski definition) is 0. The van der Waals surface area contributed by atoms with Crippen LogP contribution in [0.15, 0.2) is 201 Å². The minimum absolute atomic E-state index is 0.800. The van der Waals surface area contributed by atoms with Gasteiger partial charge in [0.15, 0.2) is 0 Å². The molecule has 0 aliphatic heterocycles. The highest BCUT2D eigenvalue weighted by molar-refractivity contribution is 6.26. The minimum atomic E-state index is 0.800. The topological polar surface area (TPSA) is 42.7 Å². The first kappa shape index (κ1) is 32.3. The van der Waals surface area contributed by atoms with Gasteiger partial charge in [-0.25, -0.2) is 0 Å². The van der Waals surface area contributed by atoms with Crippen LogP contribution < -0.4 is 4.90 Å². The fourth-order valence-electron chi connectivity index (χ4n) is 9.65. The standard InChI is InChI=1S/C55H33NO3/c1-2-12-33(13-3-1)34-24-26-36(27-25-34)56(47-21-11-18-39-38-15-5-4-14-35(38)30-45(39)47)37-28-29-41-46-32-51-52(43-17-7-9-23-49(43)57-51)53(55(46)59-50(41)31-37)44-20-10-19-42-40-16-6-8-22-48(40)58-54(42)44/h1-29,31-32H,30H2. The van der Waals surface area contributed by atoms with Crippen molar-refractivity contribution in [2.45, 2.75) is 6.42 Å². The number of rotatable bonds is 5. The van der Waals surface area contributed by atoms with Crippen molar-refractivity contribution >= 4 is 82.9 Å². The Morgan fingerprint density at radius 1 is 0.373 bits per heavy atom. The largest absolute Gasteiger partial charge is 0.456 e. The second-order valence-corrected chi connectivity index (χ2v) is 15.5. The summed E-state index contributed by atoms with van der Waals surface area (Å²) in [5.74, 6) is 0. The maximum atomic E-state index is 7.16. The van der Waals surface area contributed by atoms with Crippen molar-refractivity contribution in [3.63, 3.8) is 0 Å². The molecule has 3 aromatic heterocycles. The van der Waals surface area contributed by atoms with Gasteiger partial charge in [0.1, 0.15) is 33.5 Å². The molecule has 0 unspecified atom stereocenters. The van der Waals surface area contributed by atoms with Gasteiger partial charge >= 0.3 is 0 Å². The van der Waals surface area contributed by atoms with E-state index in [9.17, 15) is 0 Å². The molecular formula is C55H33NO3. The normalized spacial score (nSPS) is 12.3. The number of nitrogens with zero attached hydrogens (tertiary/aromatic N) is 1. The summed E-state index contributed by atoms with van der Waals surface area (Å²) >= 11 is 0. The van der Waals surface area contributed by atoms with Gasteiger partial charge in [-0.2, -0.15) is 0 Å². The van der Waals surface area contributed by atoms with E-state index >= 15 is 0 Å². The van der Waals surface area contributed by atoms with E-state index in [4.69, 9.17) is 13.3 Å². The van der Waals surface area contributed by atoms with E-state index in [0.29, 0.717) is 0 Å². The highest BCUT2D eigenvalue weighted by Crippen LogP contribution is 2.50. The average Bonchev–Trinajstić information content (AvgIpc) is 4.06. The lowest BCUT2D eigenvalue weighted by molar-refractivity contribution is 0.662. The van der Waals surface area contributed by atoms with Crippen LogP contribution in [-0.4, -0.2) is 0 Å². The highest BCUT2D eigenvalue weighted by Gasteiger charge is 2.27. The van der Waals surface area contributed by atoms with Gasteiger partial charge in [-0.05, 0) is 81.9 Å². The molecule has 0 fully saturated rings. The fraction of sp³-hybridized carbons (Fsp3) is 0.0182. The molecule has 0 saturated carbocycles. The summed E-state index contributed by atoms with van der Waals surface area (Å²) in [5, 5.41) is 6.23. The Bertz CT molecular complexity index is 3640. The van der Waals surface area contributed by atoms with Crippen molar-refractivity contribution in [2.24, 2.45) is 0 Å². The Hall–Kier alpha value is -7.82. The molecule has 0 atom stereocenters. The molecule has 3 heterocycles. The number of hydrogen-bond acceptors (Lipinski definition) is 4. The third-order valence-electron chi connectivity index (χ3n) is 12.3. The molecule has 0 spiro atoms. The second-order valence-electron chi connectivity index (χ2n) is 15.5. The number of benzene rings is 9. The summed E-state index contributed by atoms with van der Waals surface area (Å²) in [6, 6.07) is 66.6. The maximum absolute atomic E-state index is 7.16. The number of furan rings is 3. The van der Waals surface area contributed by atoms with Gasteiger partial charge in [0, 0.05) is 67.3 Å². The first-order valence-corrected chi connectivity index (χ1v) is 20.1. The average molecular weight is 756 g/mol. The molecule has 276 valence electrons. The fourth-order valence-corrected chi connectivity index (χ4v) is 9.65. The van der Waals surface area contributed by atoms with E-state index in [-0.39, 0.29) is 0 Å². The molecule has 1 aliphatic carbocycles. The van der Waals surface area contributed by atoms with Crippen LogP contribution in [0.1, 0.15) is 11.1 Å². The van der Waals surface area contributed by atoms with Gasteiger partial charge in [0.2, 0.25) is 0 Å². The van der Waals surface area contributed by atoms with E-state index in [1.807, 2.05) is 24.3 Å². The molecule has 0 N–H and O–H groups in total. The Balaban J connectivity index is 1.06. The number of para-hydroxylation sites is 3. The molecule has 1 aliphatic rings. The van der Waals surface area contributed by atoms with E-state index in [2.05, 4.69) is 169 Å². The molecular weight excluding hydrogens is 723 g/mol. The van der Waals surface area contributed by atoms with E-state index in [1.165, 1.54) is 33.4 Å². The third kappa shape index (κ3) is 4.78. The summed E-state index contributed by atoms with van der Waals surface area (Å²) in [6.07, 6.45) is 0.872. The van der Waals surface area contributed by atoms with Crippen molar-refractivity contribution < 1.29 is 13.3 Å². The number of fused-ring (bicyclic) bond motifs is 12. The zero-order valence-corrected chi connectivity index (χ0v) is 31.8. The van der Waals surface area contributed by atoms with E-state index in [1.54, 1.807) is 0 Å². The SMILES string of the molecule is c1ccc(-c2ccc(N(c3ccc4c(c3)oc3c(-c5cccc6c5oc5ccccc56)c5c(cc34)oc3ccccc35)c3cccc4c3Cc3ccccc3-4)cc2)cc1. The smallest absolute Gasteiger partial charge is 0.144 e. The van der Waals surface area contributed by atoms with Crippen LogP contribution in [0.3, 0.4) is 0 Å². The molecule has 0 radical (unpaired) electrons. The van der Waals surface area contributed by atoms with Gasteiger partial charge < -0.3 is 18.2 Å². The quantitative estimate of drug-likeness (QED) is 0.175. The number of anilines is 3. The third-order valence-corrected chi connectivity index (χ3v) is 12.3. The monoisotopic (exact) mass is 755 g/mol. The van der Waals surface area contributed by atoms with Crippen molar-refractivity contribution in [1.82, 2.24) is 0 Å². The van der Waals surface area contributed by atoms with Crippen molar-refractivity contribution in [3.8, 4) is 33.4 Å². The zero-order chi connectivity index (χ0) is 38.6. The molecule has 4 nitrogen and oxygen atoms in total. The van der Waals surface area contributed by atoms with Crippen LogP contribution in [0, 0.1) is 0 Å². The van der Waals surface area contributed by atoms with E-state index < -0.39 is 0 Å². The van der Waals surface area contributed by atoms with Crippen LogP contribution >= 0.6 is 0 Å². The van der Waals surface area contributed by atoms with Crippen LogP contribution in [0.5, 0.6) is 0 Å². The van der Waals surface area contributed by atoms with Crippen LogP contribution in [0.2, 0.25) is 0 Å². The lowest BCUT2D eigenvalue weighted by atomic mass is 9.95. The predicted octanol–water partition coefficient (Wildman–Crippen LogP) is 15.8. The first-order valence-electron chi connectivity index (χ1n) is 20.1. The van der Waals surface area contributed by atoms with Gasteiger partial charge in [-0.1, -0.05) is 133 Å². The predicted molar refractivity (Wildman–Crippen MR) is 242 cm³/mol. The highest BCUT2D eigenvalue weighted by atomic mass is 16.3. The van der Waals surface area contributed by atoms with Crippen molar-refractivity contribution in [3.05, 3.63) is 199 Å². The second kappa shape index (κ2) is 12.3. The lowest BCUT2D eigenvalue weighted by Gasteiger charge is -2.28. The van der Waals surface area contributed by atoms with Crippen LogP contribution in [0.4, 0.5) is 17.1 Å². The molecule has 0 amide bonds. The summed E-state index contributed by atoms with van der Waals surface area (Å²) in [4.78, 5) is 2.39. The molecule has 59 heavy (non-hydrogen) atoms. The van der Waals surface area contributed by atoms with Crippen molar-refractivity contribution in [1.29, 1.82) is 0 Å². The lowest BCUT2D eigenvalue weighted by Crippen LogP contribution is -2.12. The zero-order valence-electron chi connectivity index (χ0n) is 31.8. The molecule has 12 aromatic rings. The Morgan fingerprint density at radius 2 is 1.02 bits per heavy atom. The summed E-state index contributed by atoms with van der Waals surface area (Å²) < 4.78 is 20.4. The van der Waals surface area contributed by atoms with Crippen molar-refractivity contribution in [2.75, 3.05) is 4.90 Å². The van der Waals surface area contributed by atoms with Gasteiger partial charge in [-0.3, -0.25) is 0 Å². The molecule has 9 aromatic carbocycles. The Morgan fingerprint density at radius 3 is 1.90 bits per heavy atom. The molecule has 4 heteroatoms. The molecule has 13 rings (SSSR count). The van der Waals surface area contributed by atoms with E-state index in [0.717, 1.165) is 100 Å². The summed E-state index contributed by atoms with van der Waals surface area (Å²) in [7, 11) is 0. The molecule has 0 bridgehead atoms. The van der Waals surface area contributed by atoms with Gasteiger partial charge in [0.05, 0.1) is 5.69 Å². The van der Waals surface area contributed by atoms with Crippen LogP contribution in [0.25, 0.3) is 99.2 Å². The summed E-state index contributed by atoms with van der Waals surface area (Å²) in [5.41, 5.74) is 17.8. The molecule has 0 saturated heterocycles. The maximum Gasteiger partial charge on any atom is 0.144 e.